The van der Waals surface area contributed by atoms with Crippen molar-refractivity contribution in [3.63, 3.8) is 0 Å². The Kier molecular flexibility index (Phi) is 6.71. The summed E-state index contributed by atoms with van der Waals surface area (Å²) >= 11 is 6.48. The van der Waals surface area contributed by atoms with Gasteiger partial charge in [0.2, 0.25) is 0 Å². The van der Waals surface area contributed by atoms with E-state index in [1.807, 2.05) is 18.2 Å². The van der Waals surface area contributed by atoms with E-state index in [9.17, 15) is 8.78 Å². The lowest BCUT2D eigenvalue weighted by atomic mass is 9.95. The average molecular weight is 569 g/mol. The van der Waals surface area contributed by atoms with Gasteiger partial charge >= 0.3 is 6.01 Å². The third kappa shape index (κ3) is 4.46. The van der Waals surface area contributed by atoms with E-state index in [1.165, 1.54) is 6.07 Å². The van der Waals surface area contributed by atoms with Gasteiger partial charge in [-0.2, -0.15) is 9.97 Å². The summed E-state index contributed by atoms with van der Waals surface area (Å²) in [5.74, 6) is 0.486. The second-order valence-electron chi connectivity index (χ2n) is 11.8. The normalized spacial score (nSPS) is 26.4. The zero-order chi connectivity index (χ0) is 27.4. The Labute approximate surface area is 238 Å². The molecule has 0 amide bonds. The van der Waals surface area contributed by atoms with E-state index in [2.05, 4.69) is 27.1 Å². The lowest BCUT2D eigenvalue weighted by Crippen LogP contribution is -2.43. The van der Waals surface area contributed by atoms with Crippen molar-refractivity contribution >= 4 is 33.9 Å². The molecule has 0 bridgehead atoms. The molecule has 40 heavy (non-hydrogen) atoms. The molecule has 0 radical (unpaired) electrons. The number of anilines is 2. The van der Waals surface area contributed by atoms with Gasteiger partial charge in [0.15, 0.2) is 0 Å². The molecule has 10 heteroatoms. The number of nitrogens with zero attached hydrogens (tertiary/aromatic N) is 5. The molecule has 4 aliphatic heterocycles. The molecule has 1 aromatic heterocycles. The number of halogens is 3. The topological polar surface area (TPSA) is 56.8 Å². The highest BCUT2D eigenvalue weighted by molar-refractivity contribution is 6.36. The summed E-state index contributed by atoms with van der Waals surface area (Å²) in [6, 6.07) is 9.80. The maximum Gasteiger partial charge on any atom is 0.318 e. The molecule has 3 atom stereocenters. The second-order valence-corrected chi connectivity index (χ2v) is 12.2. The van der Waals surface area contributed by atoms with E-state index < -0.39 is 12.0 Å². The number of fused-ring (bicyclic) bond motifs is 3. The van der Waals surface area contributed by atoms with Gasteiger partial charge < -0.3 is 19.9 Å². The molecule has 7 rings (SSSR count). The molecule has 5 heterocycles. The molecule has 3 fully saturated rings. The average Bonchev–Trinajstić information content (AvgIpc) is 3.69. The van der Waals surface area contributed by atoms with E-state index >= 15 is 0 Å². The first-order valence-corrected chi connectivity index (χ1v) is 14.8. The Balaban J connectivity index is 1.23. The van der Waals surface area contributed by atoms with Crippen molar-refractivity contribution in [2.45, 2.75) is 56.4 Å². The van der Waals surface area contributed by atoms with E-state index in [0.29, 0.717) is 38.2 Å². The number of alkyl halides is 1. The Morgan fingerprint density at radius 1 is 1.23 bits per heavy atom. The first-order chi connectivity index (χ1) is 19.4. The van der Waals surface area contributed by atoms with Crippen molar-refractivity contribution in [3.8, 4) is 6.01 Å². The van der Waals surface area contributed by atoms with E-state index in [1.54, 1.807) is 6.07 Å². The predicted molar refractivity (Wildman–Crippen MR) is 154 cm³/mol. The zero-order valence-corrected chi connectivity index (χ0v) is 23.6. The molecule has 0 saturated carbocycles. The van der Waals surface area contributed by atoms with Crippen LogP contribution in [0.1, 0.15) is 36.9 Å². The van der Waals surface area contributed by atoms with Crippen molar-refractivity contribution in [3.05, 3.63) is 52.4 Å². The summed E-state index contributed by atoms with van der Waals surface area (Å²) < 4.78 is 35.2. The molecule has 3 saturated heterocycles. The van der Waals surface area contributed by atoms with Crippen LogP contribution in [-0.2, 0) is 13.0 Å². The minimum atomic E-state index is -0.809. The molecule has 7 nitrogen and oxygen atoms in total. The van der Waals surface area contributed by atoms with Gasteiger partial charge in [0.1, 0.15) is 24.4 Å². The molecule has 3 aromatic rings. The van der Waals surface area contributed by atoms with Crippen LogP contribution < -0.4 is 19.9 Å². The molecule has 0 unspecified atom stereocenters. The van der Waals surface area contributed by atoms with E-state index in [4.69, 9.17) is 26.3 Å². The van der Waals surface area contributed by atoms with Gasteiger partial charge in [-0.15, -0.1) is 0 Å². The van der Waals surface area contributed by atoms with Gasteiger partial charge in [0, 0.05) is 55.8 Å². The third-order valence-corrected chi connectivity index (χ3v) is 9.79. The maximum atomic E-state index is 14.5. The second kappa shape index (κ2) is 10.3. The van der Waals surface area contributed by atoms with Crippen molar-refractivity contribution < 1.29 is 13.5 Å². The smallest absolute Gasteiger partial charge is 0.318 e. The van der Waals surface area contributed by atoms with Crippen LogP contribution in [0.5, 0.6) is 6.01 Å². The molecule has 4 aliphatic rings. The van der Waals surface area contributed by atoms with Gasteiger partial charge in [-0.05, 0) is 56.3 Å². The number of rotatable bonds is 6. The molecule has 2 aromatic carbocycles. The van der Waals surface area contributed by atoms with Gasteiger partial charge in [-0.25, -0.2) is 8.78 Å². The molecule has 0 spiro atoms. The summed E-state index contributed by atoms with van der Waals surface area (Å²) in [5.41, 5.74) is 2.66. The summed E-state index contributed by atoms with van der Waals surface area (Å²) in [5, 5.41) is 5.22. The van der Waals surface area contributed by atoms with Gasteiger partial charge in [-0.1, -0.05) is 29.8 Å². The van der Waals surface area contributed by atoms with Gasteiger partial charge in [0.05, 0.1) is 22.8 Å². The number of aromatic nitrogens is 2. The summed E-state index contributed by atoms with van der Waals surface area (Å²) in [4.78, 5) is 16.6. The van der Waals surface area contributed by atoms with E-state index in [0.717, 1.165) is 85.4 Å². The molecule has 1 N–H and O–H groups in total. The first kappa shape index (κ1) is 26.2. The molecule has 212 valence electrons. The minimum Gasteiger partial charge on any atom is -0.461 e. The Morgan fingerprint density at radius 2 is 2.12 bits per heavy atom. The fourth-order valence-electron chi connectivity index (χ4n) is 7.30. The fraction of sp³-hybridized carbons (Fsp3) is 0.533. The molecular weight excluding hydrogens is 534 g/mol. The number of benzene rings is 2. The highest BCUT2D eigenvalue weighted by atomic mass is 35.5. The summed E-state index contributed by atoms with van der Waals surface area (Å²) in [7, 11) is 2.10. The van der Waals surface area contributed by atoms with Crippen LogP contribution in [-0.4, -0.2) is 79.0 Å². The van der Waals surface area contributed by atoms with Crippen LogP contribution in [0.25, 0.3) is 10.8 Å². The van der Waals surface area contributed by atoms with Crippen LogP contribution in [0.15, 0.2) is 30.3 Å². The fourth-order valence-corrected chi connectivity index (χ4v) is 7.56. The zero-order valence-electron chi connectivity index (χ0n) is 22.8. The largest absolute Gasteiger partial charge is 0.461 e. The van der Waals surface area contributed by atoms with Crippen LogP contribution in [0.3, 0.4) is 0 Å². The Bertz CT molecular complexity index is 1440. The standard InChI is InChI=1S/C30H35ClF2N6O/c1-37(21-8-11-34-15-21)28-22-9-13-38(25-5-2-4-19-6-7-23(33)27(31)26(19)25)17-24(22)35-29(36-28)40-18-30-10-3-12-39(30)16-20(32)14-30/h2,4-7,20-21,34H,3,8-18H2,1H3/t20-,21-,30+/m1/s1. The Morgan fingerprint density at radius 3 is 2.98 bits per heavy atom. The van der Waals surface area contributed by atoms with Crippen LogP contribution in [0.4, 0.5) is 20.3 Å². The third-order valence-electron chi connectivity index (χ3n) is 9.42. The van der Waals surface area contributed by atoms with Crippen molar-refractivity contribution in [2.24, 2.45) is 0 Å². The lowest BCUT2D eigenvalue weighted by molar-refractivity contribution is 0.107. The van der Waals surface area contributed by atoms with Gasteiger partial charge in [-0.3, -0.25) is 4.90 Å². The highest BCUT2D eigenvalue weighted by Crippen LogP contribution is 2.41. The summed E-state index contributed by atoms with van der Waals surface area (Å²) in [6.07, 6.45) is 3.49. The number of likely N-dealkylation sites (N-methyl/N-ethyl adjacent to an activating group) is 1. The quantitative estimate of drug-likeness (QED) is 0.461. The van der Waals surface area contributed by atoms with Crippen molar-refractivity contribution in [2.75, 3.05) is 56.2 Å². The number of ether oxygens (including phenoxy) is 1. The first-order valence-electron chi connectivity index (χ1n) is 14.4. The van der Waals surface area contributed by atoms with Crippen LogP contribution in [0.2, 0.25) is 5.02 Å². The van der Waals surface area contributed by atoms with Crippen LogP contribution in [0, 0.1) is 5.82 Å². The molecular formula is C30H35ClF2N6O. The van der Waals surface area contributed by atoms with Crippen molar-refractivity contribution in [1.29, 1.82) is 0 Å². The maximum absolute atomic E-state index is 14.5. The predicted octanol–water partition coefficient (Wildman–Crippen LogP) is 4.74. The van der Waals surface area contributed by atoms with E-state index in [-0.39, 0.29) is 10.6 Å². The summed E-state index contributed by atoms with van der Waals surface area (Å²) in [6.45, 7) is 4.97. The van der Waals surface area contributed by atoms with Gasteiger partial charge in [0.25, 0.3) is 0 Å². The van der Waals surface area contributed by atoms with Crippen LogP contribution >= 0.6 is 11.6 Å². The number of hydrogen-bond donors (Lipinski definition) is 1. The number of hydrogen-bond acceptors (Lipinski definition) is 7. The SMILES string of the molecule is CN(c1nc(OC[C@@]23CCCN2C[C@H](F)C3)nc2c1CCN(c1cccc3ccc(F)c(Cl)c13)C2)[C@@H]1CCNC1. The number of nitrogens with one attached hydrogen (secondary N) is 1. The van der Waals surface area contributed by atoms with Crippen molar-refractivity contribution in [1.82, 2.24) is 20.2 Å². The lowest BCUT2D eigenvalue weighted by Gasteiger charge is -2.35. The Hall–Kier alpha value is -2.75. The highest BCUT2D eigenvalue weighted by Gasteiger charge is 2.49. The minimum absolute atomic E-state index is 0.142. The molecule has 0 aliphatic carbocycles. The monoisotopic (exact) mass is 568 g/mol.